The highest BCUT2D eigenvalue weighted by atomic mass is 16.3. The number of aryl methyl sites for hydroxylation is 2. The molecule has 0 fully saturated rings. The SMILES string of the molecule is Cc1cc(C(=O)NCC(=O)NCCc2ccco2)n(C)n1. The van der Waals surface area contributed by atoms with Gasteiger partial charge in [0.15, 0.2) is 0 Å². The van der Waals surface area contributed by atoms with E-state index in [0.29, 0.717) is 18.7 Å². The number of amides is 2. The number of aromatic nitrogens is 2. The fourth-order valence-electron chi connectivity index (χ4n) is 1.92. The monoisotopic (exact) mass is 290 g/mol. The lowest BCUT2D eigenvalue weighted by Crippen LogP contribution is -2.38. The average Bonchev–Trinajstić information content (AvgIpc) is 3.06. The summed E-state index contributed by atoms with van der Waals surface area (Å²) in [7, 11) is 1.69. The van der Waals surface area contributed by atoms with E-state index in [1.807, 2.05) is 6.07 Å². The summed E-state index contributed by atoms with van der Waals surface area (Å²) in [6.07, 6.45) is 2.21. The van der Waals surface area contributed by atoms with E-state index in [2.05, 4.69) is 15.7 Å². The van der Waals surface area contributed by atoms with E-state index in [0.717, 1.165) is 11.5 Å². The summed E-state index contributed by atoms with van der Waals surface area (Å²) in [5.74, 6) is 0.248. The van der Waals surface area contributed by atoms with Crippen molar-refractivity contribution in [3.05, 3.63) is 41.6 Å². The van der Waals surface area contributed by atoms with Crippen LogP contribution in [0, 0.1) is 6.92 Å². The van der Waals surface area contributed by atoms with Gasteiger partial charge in [-0.1, -0.05) is 0 Å². The molecule has 0 radical (unpaired) electrons. The van der Waals surface area contributed by atoms with Crippen molar-refractivity contribution in [2.45, 2.75) is 13.3 Å². The van der Waals surface area contributed by atoms with Crippen LogP contribution in [0.5, 0.6) is 0 Å². The molecule has 0 aromatic carbocycles. The van der Waals surface area contributed by atoms with Gasteiger partial charge in [0.1, 0.15) is 11.5 Å². The lowest BCUT2D eigenvalue weighted by Gasteiger charge is -2.06. The third-order valence-electron chi connectivity index (χ3n) is 2.92. The van der Waals surface area contributed by atoms with Crippen LogP contribution in [0.25, 0.3) is 0 Å². The number of nitrogens with one attached hydrogen (secondary N) is 2. The standard InChI is InChI=1S/C14H18N4O3/c1-10-8-12(18(2)17-10)14(20)16-9-13(19)15-6-5-11-4-3-7-21-11/h3-4,7-8H,5-6,9H2,1-2H3,(H,15,19)(H,16,20). The van der Waals surface area contributed by atoms with Crippen molar-refractivity contribution >= 4 is 11.8 Å². The van der Waals surface area contributed by atoms with E-state index in [4.69, 9.17) is 4.42 Å². The lowest BCUT2D eigenvalue weighted by molar-refractivity contribution is -0.120. The van der Waals surface area contributed by atoms with Crippen LogP contribution in [0.4, 0.5) is 0 Å². The highest BCUT2D eigenvalue weighted by Gasteiger charge is 2.12. The predicted octanol–water partition coefficient (Wildman–Crippen LogP) is 0.410. The Labute approximate surface area is 122 Å². The van der Waals surface area contributed by atoms with Crippen molar-refractivity contribution < 1.29 is 14.0 Å². The molecule has 0 saturated heterocycles. The summed E-state index contributed by atoms with van der Waals surface area (Å²) in [6.45, 7) is 2.20. The topological polar surface area (TPSA) is 89.2 Å². The Bertz CT molecular complexity index is 616. The molecule has 7 nitrogen and oxygen atoms in total. The Balaban J connectivity index is 1.71. The third-order valence-corrected chi connectivity index (χ3v) is 2.92. The summed E-state index contributed by atoms with van der Waals surface area (Å²) in [5.41, 5.74) is 1.18. The molecular formula is C14H18N4O3. The van der Waals surface area contributed by atoms with E-state index in [1.54, 1.807) is 32.4 Å². The van der Waals surface area contributed by atoms with E-state index in [-0.39, 0.29) is 18.4 Å². The van der Waals surface area contributed by atoms with Gasteiger partial charge < -0.3 is 15.1 Å². The minimum atomic E-state index is -0.320. The Morgan fingerprint density at radius 2 is 2.19 bits per heavy atom. The molecule has 2 aromatic rings. The molecule has 0 aliphatic carbocycles. The molecule has 0 spiro atoms. The first kappa shape index (κ1) is 14.8. The lowest BCUT2D eigenvalue weighted by atomic mass is 10.3. The molecule has 7 heteroatoms. The molecule has 0 aliphatic rings. The van der Waals surface area contributed by atoms with Crippen LogP contribution in [0.2, 0.25) is 0 Å². The van der Waals surface area contributed by atoms with Crippen molar-refractivity contribution in [2.75, 3.05) is 13.1 Å². The molecule has 2 rings (SSSR count). The minimum absolute atomic E-state index is 0.0682. The second kappa shape index (κ2) is 6.74. The molecular weight excluding hydrogens is 272 g/mol. The quantitative estimate of drug-likeness (QED) is 0.806. The second-order valence-corrected chi connectivity index (χ2v) is 4.66. The van der Waals surface area contributed by atoms with E-state index < -0.39 is 0 Å². The highest BCUT2D eigenvalue weighted by Crippen LogP contribution is 2.01. The second-order valence-electron chi connectivity index (χ2n) is 4.66. The van der Waals surface area contributed by atoms with E-state index >= 15 is 0 Å². The summed E-state index contributed by atoms with van der Waals surface area (Å²) in [6, 6.07) is 5.32. The van der Waals surface area contributed by atoms with E-state index in [9.17, 15) is 9.59 Å². The van der Waals surface area contributed by atoms with Gasteiger partial charge in [0.2, 0.25) is 5.91 Å². The van der Waals surface area contributed by atoms with Gasteiger partial charge in [-0.25, -0.2) is 0 Å². The van der Waals surface area contributed by atoms with Crippen molar-refractivity contribution in [1.29, 1.82) is 0 Å². The molecule has 0 aliphatic heterocycles. The Hall–Kier alpha value is -2.57. The zero-order valence-electron chi connectivity index (χ0n) is 12.0. The number of nitrogens with zero attached hydrogens (tertiary/aromatic N) is 2. The predicted molar refractivity (Wildman–Crippen MR) is 75.7 cm³/mol. The smallest absolute Gasteiger partial charge is 0.269 e. The van der Waals surface area contributed by atoms with Gasteiger partial charge in [0.25, 0.3) is 5.91 Å². The maximum absolute atomic E-state index is 11.9. The summed E-state index contributed by atoms with van der Waals surface area (Å²) in [4.78, 5) is 23.5. The maximum Gasteiger partial charge on any atom is 0.269 e. The highest BCUT2D eigenvalue weighted by molar-refractivity contribution is 5.95. The first-order valence-corrected chi connectivity index (χ1v) is 6.64. The molecule has 2 aromatic heterocycles. The minimum Gasteiger partial charge on any atom is -0.469 e. The number of carbonyl (C=O) groups excluding carboxylic acids is 2. The molecule has 2 heterocycles. The number of carbonyl (C=O) groups is 2. The molecule has 0 atom stereocenters. The Morgan fingerprint density at radius 3 is 2.81 bits per heavy atom. The Kier molecular flexibility index (Phi) is 4.76. The number of rotatable bonds is 6. The van der Waals surface area contributed by atoms with Gasteiger partial charge in [-0.15, -0.1) is 0 Å². The van der Waals surface area contributed by atoms with Crippen LogP contribution < -0.4 is 10.6 Å². The fraction of sp³-hybridized carbons (Fsp3) is 0.357. The largest absolute Gasteiger partial charge is 0.469 e. The number of furan rings is 1. The first-order valence-electron chi connectivity index (χ1n) is 6.64. The van der Waals surface area contributed by atoms with Crippen molar-refractivity contribution in [3.8, 4) is 0 Å². The molecule has 0 bridgehead atoms. The van der Waals surface area contributed by atoms with Crippen LogP contribution in [0.3, 0.4) is 0 Å². The van der Waals surface area contributed by atoms with Crippen LogP contribution in [0.1, 0.15) is 21.9 Å². The van der Waals surface area contributed by atoms with Gasteiger partial charge in [-0.2, -0.15) is 5.10 Å². The van der Waals surface area contributed by atoms with Gasteiger partial charge in [-0.3, -0.25) is 14.3 Å². The van der Waals surface area contributed by atoms with Crippen LogP contribution in [-0.4, -0.2) is 34.7 Å². The fourth-order valence-corrected chi connectivity index (χ4v) is 1.92. The van der Waals surface area contributed by atoms with Crippen LogP contribution >= 0.6 is 0 Å². The van der Waals surface area contributed by atoms with Gasteiger partial charge in [-0.05, 0) is 25.1 Å². The zero-order chi connectivity index (χ0) is 15.2. The molecule has 0 saturated carbocycles. The molecule has 21 heavy (non-hydrogen) atoms. The molecule has 0 unspecified atom stereocenters. The molecule has 2 amide bonds. The first-order chi connectivity index (χ1) is 10.1. The van der Waals surface area contributed by atoms with Crippen LogP contribution in [-0.2, 0) is 18.3 Å². The van der Waals surface area contributed by atoms with Crippen LogP contribution in [0.15, 0.2) is 28.9 Å². The van der Waals surface area contributed by atoms with Gasteiger partial charge in [0, 0.05) is 20.0 Å². The molecule has 2 N–H and O–H groups in total. The molecule has 112 valence electrons. The van der Waals surface area contributed by atoms with Gasteiger partial charge >= 0.3 is 0 Å². The van der Waals surface area contributed by atoms with Crippen molar-refractivity contribution in [2.24, 2.45) is 7.05 Å². The van der Waals surface area contributed by atoms with Crippen molar-refractivity contribution in [1.82, 2.24) is 20.4 Å². The maximum atomic E-state index is 11.9. The number of hydrogen-bond acceptors (Lipinski definition) is 4. The third kappa shape index (κ3) is 4.20. The average molecular weight is 290 g/mol. The normalized spacial score (nSPS) is 10.4. The summed E-state index contributed by atoms with van der Waals surface area (Å²) in [5, 5.41) is 9.35. The number of hydrogen-bond donors (Lipinski definition) is 2. The summed E-state index contributed by atoms with van der Waals surface area (Å²) >= 11 is 0. The van der Waals surface area contributed by atoms with Gasteiger partial charge in [0.05, 0.1) is 18.5 Å². The van der Waals surface area contributed by atoms with E-state index in [1.165, 1.54) is 4.68 Å². The van der Waals surface area contributed by atoms with Crippen molar-refractivity contribution in [3.63, 3.8) is 0 Å². The zero-order valence-corrected chi connectivity index (χ0v) is 12.0. The Morgan fingerprint density at radius 1 is 1.38 bits per heavy atom. The summed E-state index contributed by atoms with van der Waals surface area (Å²) < 4.78 is 6.64.